The number of amides is 1. The van der Waals surface area contributed by atoms with Gasteiger partial charge < -0.3 is 9.15 Å². The summed E-state index contributed by atoms with van der Waals surface area (Å²) in [4.78, 5) is 16.3. The molecule has 0 bridgehead atoms. The minimum atomic E-state index is -0.619. The van der Waals surface area contributed by atoms with Gasteiger partial charge in [-0.25, -0.2) is 0 Å². The van der Waals surface area contributed by atoms with Crippen molar-refractivity contribution in [3.8, 4) is 11.4 Å². The molecule has 0 aliphatic rings. The third-order valence-corrected chi connectivity index (χ3v) is 3.23. The highest BCUT2D eigenvalue weighted by Crippen LogP contribution is 2.16. The van der Waals surface area contributed by atoms with Crippen molar-refractivity contribution in [2.24, 2.45) is 0 Å². The standard InChI is InChI=1S/C16H16N4O3/c1-11(23-9-12-5-3-2-4-6-12)15(21)18-16-17-14(19-20-16)13-7-8-22-10-13/h2-8,10-11H,9H2,1H3,(H2,17,18,19,20,21)/t11-/m1/s1. The summed E-state index contributed by atoms with van der Waals surface area (Å²) in [6, 6.07) is 11.4. The molecule has 0 radical (unpaired) electrons. The van der Waals surface area contributed by atoms with E-state index < -0.39 is 6.10 Å². The minimum Gasteiger partial charge on any atom is -0.472 e. The second-order valence-corrected chi connectivity index (χ2v) is 4.95. The maximum Gasteiger partial charge on any atom is 0.255 e. The number of hydrogen-bond donors (Lipinski definition) is 2. The van der Waals surface area contributed by atoms with Crippen molar-refractivity contribution in [3.63, 3.8) is 0 Å². The first-order valence-electron chi connectivity index (χ1n) is 7.14. The third-order valence-electron chi connectivity index (χ3n) is 3.23. The van der Waals surface area contributed by atoms with Crippen LogP contribution in [0.3, 0.4) is 0 Å². The van der Waals surface area contributed by atoms with Crippen LogP contribution < -0.4 is 5.32 Å². The zero-order chi connectivity index (χ0) is 16.1. The van der Waals surface area contributed by atoms with Gasteiger partial charge in [0.25, 0.3) is 5.91 Å². The number of nitrogens with zero attached hydrogens (tertiary/aromatic N) is 2. The van der Waals surface area contributed by atoms with Crippen LogP contribution in [-0.4, -0.2) is 27.2 Å². The summed E-state index contributed by atoms with van der Waals surface area (Å²) in [5.74, 6) is 0.409. The molecular formula is C16H16N4O3. The van der Waals surface area contributed by atoms with Gasteiger partial charge in [-0.1, -0.05) is 30.3 Å². The molecule has 1 aromatic carbocycles. The SMILES string of the molecule is C[C@@H](OCc1ccccc1)C(=O)Nc1n[nH]c(-c2ccoc2)n1. The number of aromatic nitrogens is 3. The van der Waals surface area contributed by atoms with Crippen molar-refractivity contribution in [1.29, 1.82) is 0 Å². The van der Waals surface area contributed by atoms with Gasteiger partial charge in [0.1, 0.15) is 12.4 Å². The molecule has 7 nitrogen and oxygen atoms in total. The molecule has 2 heterocycles. The fraction of sp³-hybridized carbons (Fsp3) is 0.188. The summed E-state index contributed by atoms with van der Waals surface area (Å²) in [5.41, 5.74) is 1.76. The Morgan fingerprint density at radius 3 is 2.91 bits per heavy atom. The van der Waals surface area contributed by atoms with Crippen molar-refractivity contribution in [2.75, 3.05) is 5.32 Å². The van der Waals surface area contributed by atoms with Crippen LogP contribution in [0, 0.1) is 0 Å². The Labute approximate surface area is 132 Å². The van der Waals surface area contributed by atoms with Gasteiger partial charge in [-0.3, -0.25) is 15.2 Å². The van der Waals surface area contributed by atoms with Gasteiger partial charge in [0.15, 0.2) is 5.82 Å². The molecular weight excluding hydrogens is 296 g/mol. The number of carbonyl (C=O) groups is 1. The molecule has 1 amide bonds. The molecule has 2 N–H and O–H groups in total. The average Bonchev–Trinajstić information content (AvgIpc) is 3.24. The largest absolute Gasteiger partial charge is 0.472 e. The second kappa shape index (κ2) is 6.89. The Hall–Kier alpha value is -2.93. The minimum absolute atomic E-state index is 0.196. The maximum absolute atomic E-state index is 12.1. The van der Waals surface area contributed by atoms with E-state index in [-0.39, 0.29) is 11.9 Å². The smallest absolute Gasteiger partial charge is 0.255 e. The first kappa shape index (κ1) is 15.0. The Bertz CT molecular complexity index is 753. The van der Waals surface area contributed by atoms with E-state index >= 15 is 0 Å². The van der Waals surface area contributed by atoms with Crippen molar-refractivity contribution in [2.45, 2.75) is 19.6 Å². The number of benzene rings is 1. The van der Waals surface area contributed by atoms with Crippen molar-refractivity contribution in [1.82, 2.24) is 15.2 Å². The Kier molecular flexibility index (Phi) is 4.49. The lowest BCUT2D eigenvalue weighted by atomic mass is 10.2. The third kappa shape index (κ3) is 3.83. The predicted octanol–water partition coefficient (Wildman–Crippen LogP) is 2.61. The molecule has 0 saturated heterocycles. The van der Waals surface area contributed by atoms with E-state index in [1.165, 1.54) is 12.5 Å². The van der Waals surface area contributed by atoms with E-state index in [0.29, 0.717) is 12.4 Å². The fourth-order valence-corrected chi connectivity index (χ4v) is 1.93. The fourth-order valence-electron chi connectivity index (χ4n) is 1.93. The maximum atomic E-state index is 12.1. The summed E-state index contributed by atoms with van der Waals surface area (Å²) in [6.07, 6.45) is 2.46. The highest BCUT2D eigenvalue weighted by Gasteiger charge is 2.16. The summed E-state index contributed by atoms with van der Waals surface area (Å²) in [7, 11) is 0. The van der Waals surface area contributed by atoms with Crippen LogP contribution >= 0.6 is 0 Å². The van der Waals surface area contributed by atoms with E-state index in [0.717, 1.165) is 11.1 Å². The highest BCUT2D eigenvalue weighted by molar-refractivity contribution is 5.92. The zero-order valence-electron chi connectivity index (χ0n) is 12.5. The summed E-state index contributed by atoms with van der Waals surface area (Å²) >= 11 is 0. The second-order valence-electron chi connectivity index (χ2n) is 4.95. The molecule has 0 saturated carbocycles. The molecule has 0 aliphatic heterocycles. The molecule has 118 valence electrons. The molecule has 23 heavy (non-hydrogen) atoms. The van der Waals surface area contributed by atoms with Crippen LogP contribution in [0.1, 0.15) is 12.5 Å². The number of carbonyl (C=O) groups excluding carboxylic acids is 1. The Morgan fingerprint density at radius 1 is 1.35 bits per heavy atom. The number of rotatable bonds is 6. The van der Waals surface area contributed by atoms with Gasteiger partial charge in [-0.05, 0) is 18.6 Å². The van der Waals surface area contributed by atoms with E-state index in [1.807, 2.05) is 30.3 Å². The van der Waals surface area contributed by atoms with Crippen LogP contribution in [0.5, 0.6) is 0 Å². The lowest BCUT2D eigenvalue weighted by molar-refractivity contribution is -0.127. The summed E-state index contributed by atoms with van der Waals surface area (Å²) < 4.78 is 10.5. The summed E-state index contributed by atoms with van der Waals surface area (Å²) in [6.45, 7) is 2.05. The molecule has 2 aromatic heterocycles. The van der Waals surface area contributed by atoms with E-state index in [2.05, 4.69) is 20.5 Å². The van der Waals surface area contributed by atoms with Crippen molar-refractivity contribution < 1.29 is 13.9 Å². The van der Waals surface area contributed by atoms with Crippen LogP contribution in [0.2, 0.25) is 0 Å². The monoisotopic (exact) mass is 312 g/mol. The van der Waals surface area contributed by atoms with Crippen molar-refractivity contribution in [3.05, 3.63) is 54.5 Å². The number of hydrogen-bond acceptors (Lipinski definition) is 5. The number of aromatic amines is 1. The van der Waals surface area contributed by atoms with Crippen LogP contribution in [-0.2, 0) is 16.1 Å². The highest BCUT2D eigenvalue weighted by atomic mass is 16.5. The molecule has 3 rings (SSSR count). The molecule has 7 heteroatoms. The molecule has 3 aromatic rings. The number of H-pyrrole nitrogens is 1. The van der Waals surface area contributed by atoms with Gasteiger partial charge in [0.05, 0.1) is 18.4 Å². The van der Waals surface area contributed by atoms with Crippen LogP contribution in [0.25, 0.3) is 11.4 Å². The Balaban J connectivity index is 1.54. The van der Waals surface area contributed by atoms with Crippen molar-refractivity contribution >= 4 is 11.9 Å². The van der Waals surface area contributed by atoms with Crippen LogP contribution in [0.15, 0.2) is 53.3 Å². The predicted molar refractivity (Wildman–Crippen MR) is 83.4 cm³/mol. The first-order valence-corrected chi connectivity index (χ1v) is 7.14. The quantitative estimate of drug-likeness (QED) is 0.730. The van der Waals surface area contributed by atoms with Crippen LogP contribution in [0.4, 0.5) is 5.95 Å². The first-order chi connectivity index (χ1) is 11.2. The topological polar surface area (TPSA) is 93.0 Å². The zero-order valence-corrected chi connectivity index (χ0v) is 12.5. The number of nitrogens with one attached hydrogen (secondary N) is 2. The van der Waals surface area contributed by atoms with Gasteiger partial charge >= 0.3 is 0 Å². The number of anilines is 1. The van der Waals surface area contributed by atoms with E-state index in [9.17, 15) is 4.79 Å². The number of furan rings is 1. The molecule has 0 fully saturated rings. The lowest BCUT2D eigenvalue weighted by Crippen LogP contribution is -2.28. The molecule has 0 aliphatic carbocycles. The number of ether oxygens (including phenoxy) is 1. The Morgan fingerprint density at radius 2 is 2.17 bits per heavy atom. The average molecular weight is 312 g/mol. The lowest BCUT2D eigenvalue weighted by Gasteiger charge is -2.11. The normalized spacial score (nSPS) is 12.0. The van der Waals surface area contributed by atoms with E-state index in [4.69, 9.17) is 9.15 Å². The van der Waals surface area contributed by atoms with Gasteiger partial charge in [-0.15, -0.1) is 5.10 Å². The van der Waals surface area contributed by atoms with Gasteiger partial charge in [-0.2, -0.15) is 4.98 Å². The van der Waals surface area contributed by atoms with Gasteiger partial charge in [0, 0.05) is 0 Å². The summed E-state index contributed by atoms with van der Waals surface area (Å²) in [5, 5.41) is 9.29. The molecule has 0 unspecified atom stereocenters. The van der Waals surface area contributed by atoms with Gasteiger partial charge in [0.2, 0.25) is 5.95 Å². The van der Waals surface area contributed by atoms with E-state index in [1.54, 1.807) is 13.0 Å². The molecule has 0 spiro atoms. The molecule has 1 atom stereocenters.